The van der Waals surface area contributed by atoms with Crippen molar-refractivity contribution >= 4 is 21.4 Å². The number of sulfonamides is 1. The van der Waals surface area contributed by atoms with E-state index in [1.165, 1.54) is 30.6 Å². The average molecular weight is 316 g/mol. The van der Waals surface area contributed by atoms with Crippen LogP contribution in [0.15, 0.2) is 16.3 Å². The second-order valence-electron chi connectivity index (χ2n) is 5.74. The number of hydrogen-bond donors (Lipinski definition) is 2. The Balaban J connectivity index is 1.84. The minimum absolute atomic E-state index is 0.401. The van der Waals surface area contributed by atoms with E-state index >= 15 is 0 Å². The molecule has 1 aliphatic carbocycles. The Morgan fingerprint density at radius 1 is 1.35 bits per heavy atom. The summed E-state index contributed by atoms with van der Waals surface area (Å²) >= 11 is 1.35. The molecule has 1 fully saturated rings. The summed E-state index contributed by atoms with van der Waals surface area (Å²) in [5.74, 6) is 0.729. The Kier molecular flexibility index (Phi) is 5.60. The van der Waals surface area contributed by atoms with Gasteiger partial charge in [-0.2, -0.15) is 0 Å². The molecule has 0 spiro atoms. The van der Waals surface area contributed by atoms with E-state index in [0.717, 1.165) is 23.8 Å². The van der Waals surface area contributed by atoms with Crippen molar-refractivity contribution in [2.75, 3.05) is 6.54 Å². The van der Waals surface area contributed by atoms with Crippen LogP contribution in [0.25, 0.3) is 0 Å². The van der Waals surface area contributed by atoms with E-state index in [0.29, 0.717) is 16.8 Å². The predicted molar refractivity (Wildman–Crippen MR) is 83.4 cm³/mol. The van der Waals surface area contributed by atoms with Crippen molar-refractivity contribution in [3.8, 4) is 0 Å². The minimum Gasteiger partial charge on any atom is -0.310 e. The van der Waals surface area contributed by atoms with Gasteiger partial charge in [0.2, 0.25) is 10.0 Å². The molecule has 0 aromatic carbocycles. The maximum Gasteiger partial charge on any atom is 0.250 e. The molecule has 2 N–H and O–H groups in total. The molecule has 1 heterocycles. The molecule has 0 bridgehead atoms. The monoisotopic (exact) mass is 316 g/mol. The summed E-state index contributed by atoms with van der Waals surface area (Å²) in [6, 6.07) is 3.99. The molecule has 1 aromatic heterocycles. The van der Waals surface area contributed by atoms with Crippen LogP contribution in [0.5, 0.6) is 0 Å². The summed E-state index contributed by atoms with van der Waals surface area (Å²) < 4.78 is 27.4. The molecule has 1 saturated carbocycles. The van der Waals surface area contributed by atoms with Crippen molar-refractivity contribution in [3.63, 3.8) is 0 Å². The Morgan fingerprint density at radius 3 is 2.70 bits per heavy atom. The van der Waals surface area contributed by atoms with Crippen molar-refractivity contribution in [3.05, 3.63) is 17.0 Å². The summed E-state index contributed by atoms with van der Waals surface area (Å²) in [7, 11) is -3.32. The van der Waals surface area contributed by atoms with Gasteiger partial charge in [-0.25, -0.2) is 13.1 Å². The van der Waals surface area contributed by atoms with Gasteiger partial charge in [-0.3, -0.25) is 0 Å². The van der Waals surface area contributed by atoms with Gasteiger partial charge in [0.15, 0.2) is 0 Å². The zero-order valence-corrected chi connectivity index (χ0v) is 13.8. The molecule has 0 aliphatic heterocycles. The molecule has 2 rings (SSSR count). The number of thiophene rings is 1. The van der Waals surface area contributed by atoms with Crippen molar-refractivity contribution in [2.24, 2.45) is 5.92 Å². The van der Waals surface area contributed by atoms with Gasteiger partial charge in [0.1, 0.15) is 4.21 Å². The van der Waals surface area contributed by atoms with Gasteiger partial charge in [-0.15, -0.1) is 11.3 Å². The molecule has 1 aliphatic rings. The summed E-state index contributed by atoms with van der Waals surface area (Å²) in [5, 5.41) is 3.30. The van der Waals surface area contributed by atoms with E-state index in [1.807, 2.05) is 6.07 Å². The molecule has 0 atom stereocenters. The lowest BCUT2D eigenvalue weighted by Gasteiger charge is -2.24. The average Bonchev–Trinajstić information content (AvgIpc) is 2.79. The predicted octanol–water partition coefficient (Wildman–Crippen LogP) is 2.71. The van der Waals surface area contributed by atoms with E-state index in [9.17, 15) is 8.42 Å². The SMILES string of the molecule is CC(C)NCc1ccc(S(=O)(=O)NCCC2CCC2)s1. The van der Waals surface area contributed by atoms with Crippen LogP contribution in [-0.2, 0) is 16.6 Å². The first-order valence-corrected chi connectivity index (χ1v) is 9.59. The molecule has 0 saturated heterocycles. The molecular formula is C14H24N2O2S2. The lowest BCUT2D eigenvalue weighted by molar-refractivity contribution is 0.297. The summed E-state index contributed by atoms with van der Waals surface area (Å²) in [6.45, 7) is 5.44. The Hall–Kier alpha value is -0.430. The van der Waals surface area contributed by atoms with Crippen molar-refractivity contribution < 1.29 is 8.42 Å². The quantitative estimate of drug-likeness (QED) is 0.775. The third kappa shape index (κ3) is 4.55. The van der Waals surface area contributed by atoms with Crippen LogP contribution < -0.4 is 10.0 Å². The van der Waals surface area contributed by atoms with E-state index in [2.05, 4.69) is 23.9 Å². The Labute approximate surface area is 126 Å². The molecular weight excluding hydrogens is 292 g/mol. The molecule has 114 valence electrons. The summed E-state index contributed by atoms with van der Waals surface area (Å²) in [5.41, 5.74) is 0. The maximum absolute atomic E-state index is 12.2. The first-order valence-electron chi connectivity index (χ1n) is 7.29. The van der Waals surface area contributed by atoms with Gasteiger partial charge in [0, 0.05) is 24.0 Å². The molecule has 0 unspecified atom stereocenters. The Morgan fingerprint density at radius 2 is 2.10 bits per heavy atom. The van der Waals surface area contributed by atoms with E-state index < -0.39 is 10.0 Å². The highest BCUT2D eigenvalue weighted by molar-refractivity contribution is 7.91. The first-order chi connectivity index (χ1) is 9.47. The van der Waals surface area contributed by atoms with Crippen LogP contribution in [-0.4, -0.2) is 21.0 Å². The van der Waals surface area contributed by atoms with E-state index in [1.54, 1.807) is 6.07 Å². The molecule has 1 aromatic rings. The first kappa shape index (κ1) is 15.9. The lowest BCUT2D eigenvalue weighted by Crippen LogP contribution is -2.27. The fourth-order valence-corrected chi connectivity index (χ4v) is 4.55. The minimum atomic E-state index is -3.32. The largest absolute Gasteiger partial charge is 0.310 e. The second kappa shape index (κ2) is 7.02. The van der Waals surface area contributed by atoms with Gasteiger partial charge < -0.3 is 5.32 Å². The number of nitrogens with one attached hydrogen (secondary N) is 2. The lowest BCUT2D eigenvalue weighted by atomic mass is 9.83. The second-order valence-corrected chi connectivity index (χ2v) is 8.90. The molecule has 6 heteroatoms. The van der Waals surface area contributed by atoms with Crippen LogP contribution >= 0.6 is 11.3 Å². The van der Waals surface area contributed by atoms with Crippen molar-refractivity contribution in [1.29, 1.82) is 0 Å². The van der Waals surface area contributed by atoms with Gasteiger partial charge in [-0.05, 0) is 24.5 Å². The third-order valence-corrected chi connectivity index (χ3v) is 6.69. The van der Waals surface area contributed by atoms with Crippen LogP contribution in [0.3, 0.4) is 0 Å². The van der Waals surface area contributed by atoms with Crippen LogP contribution in [0, 0.1) is 5.92 Å². The fourth-order valence-electron chi connectivity index (χ4n) is 2.15. The smallest absolute Gasteiger partial charge is 0.250 e. The maximum atomic E-state index is 12.2. The van der Waals surface area contributed by atoms with Crippen LogP contribution in [0.4, 0.5) is 0 Å². The topological polar surface area (TPSA) is 58.2 Å². The van der Waals surface area contributed by atoms with Gasteiger partial charge in [0.05, 0.1) is 0 Å². The highest BCUT2D eigenvalue weighted by atomic mass is 32.2. The van der Waals surface area contributed by atoms with Crippen LogP contribution in [0.1, 0.15) is 44.4 Å². The van der Waals surface area contributed by atoms with E-state index in [-0.39, 0.29) is 0 Å². The summed E-state index contributed by atoms with van der Waals surface area (Å²) in [4.78, 5) is 1.05. The van der Waals surface area contributed by atoms with Gasteiger partial charge in [0.25, 0.3) is 0 Å². The van der Waals surface area contributed by atoms with Gasteiger partial charge in [-0.1, -0.05) is 33.1 Å². The molecule has 4 nitrogen and oxygen atoms in total. The van der Waals surface area contributed by atoms with Crippen LogP contribution in [0.2, 0.25) is 0 Å². The molecule has 0 radical (unpaired) electrons. The van der Waals surface area contributed by atoms with E-state index in [4.69, 9.17) is 0 Å². The summed E-state index contributed by atoms with van der Waals surface area (Å²) in [6.07, 6.45) is 4.78. The van der Waals surface area contributed by atoms with Crippen molar-refractivity contribution in [2.45, 2.75) is 56.3 Å². The number of rotatable bonds is 8. The highest BCUT2D eigenvalue weighted by Crippen LogP contribution is 2.29. The van der Waals surface area contributed by atoms with Gasteiger partial charge >= 0.3 is 0 Å². The Bertz CT molecular complexity index is 519. The standard InChI is InChI=1S/C14H24N2O2S2/c1-11(2)15-10-13-6-7-14(19-13)20(17,18)16-9-8-12-4-3-5-12/h6-7,11-12,15-16H,3-5,8-10H2,1-2H3. The molecule has 0 amide bonds. The molecule has 20 heavy (non-hydrogen) atoms. The zero-order chi connectivity index (χ0) is 14.6. The third-order valence-electron chi connectivity index (χ3n) is 3.66. The zero-order valence-electron chi connectivity index (χ0n) is 12.2. The highest BCUT2D eigenvalue weighted by Gasteiger charge is 2.20. The number of hydrogen-bond acceptors (Lipinski definition) is 4. The normalized spacial score (nSPS) is 16.6. The van der Waals surface area contributed by atoms with Crippen molar-refractivity contribution in [1.82, 2.24) is 10.0 Å². The fraction of sp³-hybridized carbons (Fsp3) is 0.714.